The van der Waals surface area contributed by atoms with Crippen LogP contribution in [0.4, 0.5) is 0 Å². The molecular weight excluding hydrogens is 228 g/mol. The summed E-state index contributed by atoms with van der Waals surface area (Å²) in [6, 6.07) is 3.98. The van der Waals surface area contributed by atoms with E-state index >= 15 is 0 Å². The summed E-state index contributed by atoms with van der Waals surface area (Å²) in [6.45, 7) is 8.00. The van der Waals surface area contributed by atoms with Crippen molar-refractivity contribution in [3.63, 3.8) is 0 Å². The molecular formula is C11H19ClN2S. The van der Waals surface area contributed by atoms with Crippen LogP contribution in [0, 0.1) is 5.92 Å². The maximum Gasteiger partial charge on any atom is 0.0931 e. The molecule has 1 heterocycles. The molecule has 2 nitrogen and oxygen atoms in total. The summed E-state index contributed by atoms with van der Waals surface area (Å²) < 4.78 is 0.839. The predicted molar refractivity (Wildman–Crippen MR) is 68.5 cm³/mol. The van der Waals surface area contributed by atoms with E-state index < -0.39 is 0 Å². The van der Waals surface area contributed by atoms with Crippen LogP contribution in [-0.4, -0.2) is 12.1 Å². The summed E-state index contributed by atoms with van der Waals surface area (Å²) in [5.74, 6) is 0.512. The molecule has 1 aromatic heterocycles. The van der Waals surface area contributed by atoms with Crippen molar-refractivity contribution in [1.29, 1.82) is 0 Å². The van der Waals surface area contributed by atoms with Crippen LogP contribution in [0.1, 0.15) is 25.6 Å². The highest BCUT2D eigenvalue weighted by atomic mass is 35.5. The number of hydrogen-bond acceptors (Lipinski definition) is 3. The zero-order chi connectivity index (χ0) is 11.5. The summed E-state index contributed by atoms with van der Waals surface area (Å²) >= 11 is 7.49. The topological polar surface area (TPSA) is 38.0 Å². The SMILES string of the molecule is CC(C)C(C)(CN)NCc1ccc(Cl)s1. The summed E-state index contributed by atoms with van der Waals surface area (Å²) in [4.78, 5) is 1.25. The Morgan fingerprint density at radius 2 is 2.20 bits per heavy atom. The largest absolute Gasteiger partial charge is 0.329 e. The van der Waals surface area contributed by atoms with E-state index in [1.807, 2.05) is 6.07 Å². The average Bonchev–Trinajstić information content (AvgIpc) is 2.60. The van der Waals surface area contributed by atoms with Gasteiger partial charge in [0, 0.05) is 23.5 Å². The second-order valence-corrected chi connectivity index (χ2v) is 6.14. The van der Waals surface area contributed by atoms with E-state index in [9.17, 15) is 0 Å². The Balaban J connectivity index is 2.55. The van der Waals surface area contributed by atoms with Gasteiger partial charge in [-0.05, 0) is 25.0 Å². The Kier molecular flexibility index (Phi) is 4.59. The van der Waals surface area contributed by atoms with Gasteiger partial charge in [0.25, 0.3) is 0 Å². The Morgan fingerprint density at radius 3 is 2.60 bits per heavy atom. The van der Waals surface area contributed by atoms with Gasteiger partial charge in [0.15, 0.2) is 0 Å². The molecule has 0 bridgehead atoms. The molecule has 0 aliphatic carbocycles. The van der Waals surface area contributed by atoms with Crippen LogP contribution < -0.4 is 11.1 Å². The minimum Gasteiger partial charge on any atom is -0.329 e. The fraction of sp³-hybridized carbons (Fsp3) is 0.636. The maximum absolute atomic E-state index is 5.87. The van der Waals surface area contributed by atoms with Crippen LogP contribution in [0.25, 0.3) is 0 Å². The van der Waals surface area contributed by atoms with Gasteiger partial charge in [0.05, 0.1) is 4.34 Å². The van der Waals surface area contributed by atoms with Crippen LogP contribution >= 0.6 is 22.9 Å². The fourth-order valence-corrected chi connectivity index (χ4v) is 2.28. The molecule has 0 fully saturated rings. The summed E-state index contributed by atoms with van der Waals surface area (Å²) in [5, 5.41) is 3.50. The lowest BCUT2D eigenvalue weighted by Gasteiger charge is -2.33. The third kappa shape index (κ3) is 3.45. The van der Waals surface area contributed by atoms with E-state index in [2.05, 4.69) is 32.2 Å². The van der Waals surface area contributed by atoms with Crippen molar-refractivity contribution < 1.29 is 0 Å². The minimum atomic E-state index is -0.00351. The third-order valence-corrected chi connectivity index (χ3v) is 4.22. The highest BCUT2D eigenvalue weighted by Gasteiger charge is 2.25. The van der Waals surface area contributed by atoms with Crippen molar-refractivity contribution >= 4 is 22.9 Å². The Labute approximate surface area is 101 Å². The van der Waals surface area contributed by atoms with E-state index in [0.717, 1.165) is 10.9 Å². The highest BCUT2D eigenvalue weighted by Crippen LogP contribution is 2.22. The first kappa shape index (κ1) is 13.0. The fourth-order valence-electron chi connectivity index (χ4n) is 1.25. The van der Waals surface area contributed by atoms with Crippen molar-refractivity contribution in [2.75, 3.05) is 6.54 Å². The summed E-state index contributed by atoms with van der Waals surface area (Å²) in [6.07, 6.45) is 0. The molecule has 3 N–H and O–H groups in total. The van der Waals surface area contributed by atoms with Crippen molar-refractivity contribution in [3.8, 4) is 0 Å². The van der Waals surface area contributed by atoms with E-state index in [4.69, 9.17) is 17.3 Å². The van der Waals surface area contributed by atoms with Gasteiger partial charge in [0.2, 0.25) is 0 Å². The quantitative estimate of drug-likeness (QED) is 0.839. The van der Waals surface area contributed by atoms with Crippen LogP contribution in [0.15, 0.2) is 12.1 Å². The standard InChI is InChI=1S/C11H19ClN2S/c1-8(2)11(3,7-13)14-6-9-4-5-10(12)15-9/h4-5,8,14H,6-7,13H2,1-3H3. The van der Waals surface area contributed by atoms with E-state index in [1.165, 1.54) is 4.88 Å². The first-order valence-electron chi connectivity index (χ1n) is 5.17. The molecule has 4 heteroatoms. The number of hydrogen-bond donors (Lipinski definition) is 2. The Morgan fingerprint density at radius 1 is 1.53 bits per heavy atom. The molecule has 86 valence electrons. The summed E-state index contributed by atoms with van der Waals surface area (Å²) in [5.41, 5.74) is 5.79. The molecule has 1 aromatic rings. The maximum atomic E-state index is 5.87. The van der Waals surface area contributed by atoms with Crippen LogP contribution in [0.3, 0.4) is 0 Å². The number of nitrogens with two attached hydrogens (primary N) is 1. The highest BCUT2D eigenvalue weighted by molar-refractivity contribution is 7.16. The molecule has 1 rings (SSSR count). The molecule has 0 saturated heterocycles. The second kappa shape index (κ2) is 5.30. The van der Waals surface area contributed by atoms with Gasteiger partial charge in [-0.15, -0.1) is 11.3 Å². The van der Waals surface area contributed by atoms with Gasteiger partial charge in [-0.25, -0.2) is 0 Å². The molecule has 0 saturated carbocycles. The molecule has 0 aliphatic rings. The number of halogens is 1. The van der Waals surface area contributed by atoms with Crippen molar-refractivity contribution in [1.82, 2.24) is 5.32 Å². The predicted octanol–water partition coefficient (Wildman–Crippen LogP) is 2.86. The van der Waals surface area contributed by atoms with Gasteiger partial charge in [0.1, 0.15) is 0 Å². The number of rotatable bonds is 5. The Hall–Kier alpha value is -0.0900. The lowest BCUT2D eigenvalue weighted by atomic mass is 9.88. The van der Waals surface area contributed by atoms with Crippen molar-refractivity contribution in [3.05, 3.63) is 21.3 Å². The lowest BCUT2D eigenvalue weighted by molar-refractivity contribution is 0.268. The summed E-state index contributed by atoms with van der Waals surface area (Å²) in [7, 11) is 0. The monoisotopic (exact) mass is 246 g/mol. The smallest absolute Gasteiger partial charge is 0.0931 e. The first-order chi connectivity index (χ1) is 6.98. The van der Waals surface area contributed by atoms with Gasteiger partial charge in [-0.2, -0.15) is 0 Å². The molecule has 0 radical (unpaired) electrons. The average molecular weight is 247 g/mol. The normalized spacial score (nSPS) is 15.6. The van der Waals surface area contributed by atoms with Crippen molar-refractivity contribution in [2.45, 2.75) is 32.9 Å². The molecule has 0 aromatic carbocycles. The third-order valence-electron chi connectivity index (χ3n) is 2.99. The van der Waals surface area contributed by atoms with E-state index in [-0.39, 0.29) is 5.54 Å². The van der Waals surface area contributed by atoms with Gasteiger partial charge < -0.3 is 11.1 Å². The van der Waals surface area contributed by atoms with E-state index in [1.54, 1.807) is 11.3 Å². The molecule has 0 spiro atoms. The first-order valence-corrected chi connectivity index (χ1v) is 6.36. The molecule has 1 unspecified atom stereocenters. The number of nitrogens with one attached hydrogen (secondary N) is 1. The van der Waals surface area contributed by atoms with Gasteiger partial charge in [-0.3, -0.25) is 0 Å². The van der Waals surface area contributed by atoms with Crippen molar-refractivity contribution in [2.24, 2.45) is 11.7 Å². The van der Waals surface area contributed by atoms with Crippen LogP contribution in [-0.2, 0) is 6.54 Å². The molecule has 15 heavy (non-hydrogen) atoms. The Bertz CT molecular complexity index is 311. The molecule has 0 amide bonds. The van der Waals surface area contributed by atoms with E-state index in [0.29, 0.717) is 12.5 Å². The minimum absolute atomic E-state index is 0.00351. The van der Waals surface area contributed by atoms with Gasteiger partial charge >= 0.3 is 0 Å². The lowest BCUT2D eigenvalue weighted by Crippen LogP contribution is -2.52. The van der Waals surface area contributed by atoms with Crippen LogP contribution in [0.5, 0.6) is 0 Å². The van der Waals surface area contributed by atoms with Crippen LogP contribution in [0.2, 0.25) is 4.34 Å². The zero-order valence-electron chi connectivity index (χ0n) is 9.51. The second-order valence-electron chi connectivity index (χ2n) is 4.34. The number of thiophene rings is 1. The molecule has 0 aliphatic heterocycles. The van der Waals surface area contributed by atoms with Gasteiger partial charge in [-0.1, -0.05) is 25.4 Å². The zero-order valence-corrected chi connectivity index (χ0v) is 11.1. The molecule has 1 atom stereocenters.